The van der Waals surface area contributed by atoms with Crippen LogP contribution >= 0.6 is 11.5 Å². The van der Waals surface area contributed by atoms with Crippen LogP contribution in [0.15, 0.2) is 29.6 Å². The lowest BCUT2D eigenvalue weighted by atomic mass is 10.0. The van der Waals surface area contributed by atoms with Gasteiger partial charge in [-0.25, -0.2) is 5.43 Å². The predicted molar refractivity (Wildman–Crippen MR) is 71.3 cm³/mol. The molecule has 0 saturated heterocycles. The zero-order valence-corrected chi connectivity index (χ0v) is 11.0. The minimum absolute atomic E-state index is 0.197. The molecule has 0 spiro atoms. The van der Waals surface area contributed by atoms with Crippen molar-refractivity contribution in [3.05, 3.63) is 40.9 Å². The second-order valence-electron chi connectivity index (χ2n) is 3.82. The summed E-state index contributed by atoms with van der Waals surface area (Å²) in [5.41, 5.74) is 4.54. The summed E-state index contributed by atoms with van der Waals surface area (Å²) >= 11 is 1.30. The van der Waals surface area contributed by atoms with E-state index in [9.17, 15) is 0 Å². The molecule has 0 fully saturated rings. The van der Waals surface area contributed by atoms with Crippen LogP contribution in [-0.2, 0) is 0 Å². The molecule has 6 heteroatoms. The Kier molecular flexibility index (Phi) is 4.63. The van der Waals surface area contributed by atoms with Crippen molar-refractivity contribution in [3.63, 3.8) is 0 Å². The number of nitrogens with one attached hydrogen (secondary N) is 1. The fourth-order valence-electron chi connectivity index (χ4n) is 1.69. The van der Waals surface area contributed by atoms with Gasteiger partial charge in [0.1, 0.15) is 5.75 Å². The van der Waals surface area contributed by atoms with E-state index in [0.29, 0.717) is 6.61 Å². The first kappa shape index (κ1) is 12.9. The van der Waals surface area contributed by atoms with Gasteiger partial charge < -0.3 is 4.74 Å². The molecule has 1 unspecified atom stereocenters. The molecular formula is C12H16N4OS. The molecule has 18 heavy (non-hydrogen) atoms. The van der Waals surface area contributed by atoms with Crippen LogP contribution in [0.1, 0.15) is 30.6 Å². The Morgan fingerprint density at radius 1 is 1.44 bits per heavy atom. The van der Waals surface area contributed by atoms with Crippen molar-refractivity contribution in [3.8, 4) is 5.75 Å². The van der Waals surface area contributed by atoms with Crippen molar-refractivity contribution in [1.82, 2.24) is 15.0 Å². The summed E-state index contributed by atoms with van der Waals surface area (Å²) in [5.74, 6) is 6.45. The van der Waals surface area contributed by atoms with Crippen LogP contribution in [-0.4, -0.2) is 16.2 Å². The molecule has 96 valence electrons. The van der Waals surface area contributed by atoms with Crippen LogP contribution in [0.25, 0.3) is 0 Å². The summed E-state index contributed by atoms with van der Waals surface area (Å²) in [6, 6.07) is 7.63. The average Bonchev–Trinajstić information content (AvgIpc) is 2.92. The molecule has 1 atom stereocenters. The molecule has 2 rings (SSSR count). The number of para-hydroxylation sites is 1. The molecule has 0 amide bonds. The first-order valence-corrected chi connectivity index (χ1v) is 6.65. The van der Waals surface area contributed by atoms with Gasteiger partial charge in [-0.15, -0.1) is 5.10 Å². The quantitative estimate of drug-likeness (QED) is 0.615. The van der Waals surface area contributed by atoms with Crippen LogP contribution in [0, 0.1) is 0 Å². The van der Waals surface area contributed by atoms with Gasteiger partial charge in [0.25, 0.3) is 0 Å². The Bertz CT molecular complexity index is 475. The Hall–Kier alpha value is -1.50. The number of aromatic nitrogens is 2. The maximum absolute atomic E-state index is 5.73. The van der Waals surface area contributed by atoms with Gasteiger partial charge in [0.05, 0.1) is 18.3 Å². The van der Waals surface area contributed by atoms with E-state index in [0.717, 1.165) is 23.4 Å². The van der Waals surface area contributed by atoms with Crippen molar-refractivity contribution < 1.29 is 4.74 Å². The number of hydrogen-bond donors (Lipinski definition) is 2. The van der Waals surface area contributed by atoms with Crippen LogP contribution in [0.3, 0.4) is 0 Å². The second-order valence-corrected chi connectivity index (χ2v) is 4.43. The van der Waals surface area contributed by atoms with E-state index in [2.05, 4.69) is 21.9 Å². The fourth-order valence-corrected chi connectivity index (χ4v) is 2.17. The number of nitrogens with zero attached hydrogens (tertiary/aromatic N) is 2. The van der Waals surface area contributed by atoms with E-state index < -0.39 is 0 Å². The molecule has 1 aromatic heterocycles. The highest BCUT2D eigenvalue weighted by molar-refractivity contribution is 7.03. The minimum atomic E-state index is -0.197. The Labute approximate surface area is 110 Å². The van der Waals surface area contributed by atoms with Gasteiger partial charge in [-0.3, -0.25) is 5.84 Å². The monoisotopic (exact) mass is 264 g/mol. The number of rotatable bonds is 6. The average molecular weight is 264 g/mol. The number of ether oxygens (including phenoxy) is 1. The maximum atomic E-state index is 5.73. The molecule has 1 aromatic carbocycles. The Morgan fingerprint density at radius 2 is 2.28 bits per heavy atom. The molecule has 5 nitrogen and oxygen atoms in total. The van der Waals surface area contributed by atoms with Gasteiger partial charge in [0, 0.05) is 10.9 Å². The molecule has 0 radical (unpaired) electrons. The maximum Gasteiger partial charge on any atom is 0.124 e. The largest absolute Gasteiger partial charge is 0.493 e. The SMILES string of the molecule is CCCOc1ccccc1C(NN)c1csnn1. The summed E-state index contributed by atoms with van der Waals surface area (Å²) in [5, 5.41) is 5.93. The molecule has 0 aliphatic heterocycles. The van der Waals surface area contributed by atoms with Gasteiger partial charge in [-0.1, -0.05) is 29.6 Å². The number of hydrogen-bond acceptors (Lipinski definition) is 6. The van der Waals surface area contributed by atoms with E-state index >= 15 is 0 Å². The molecule has 1 heterocycles. The molecule has 0 saturated carbocycles. The number of nitrogens with two attached hydrogens (primary N) is 1. The summed E-state index contributed by atoms with van der Waals surface area (Å²) in [4.78, 5) is 0. The van der Waals surface area contributed by atoms with E-state index in [-0.39, 0.29) is 6.04 Å². The summed E-state index contributed by atoms with van der Waals surface area (Å²) in [6.07, 6.45) is 0.966. The Balaban J connectivity index is 2.30. The Morgan fingerprint density at radius 3 is 2.94 bits per heavy atom. The lowest BCUT2D eigenvalue weighted by molar-refractivity contribution is 0.311. The van der Waals surface area contributed by atoms with E-state index in [1.165, 1.54) is 11.5 Å². The fraction of sp³-hybridized carbons (Fsp3) is 0.333. The first-order valence-electron chi connectivity index (χ1n) is 5.81. The highest BCUT2D eigenvalue weighted by atomic mass is 32.1. The van der Waals surface area contributed by atoms with Crippen molar-refractivity contribution >= 4 is 11.5 Å². The lowest BCUT2D eigenvalue weighted by Gasteiger charge is -2.17. The van der Waals surface area contributed by atoms with Gasteiger partial charge in [-0.05, 0) is 24.0 Å². The first-order chi connectivity index (χ1) is 8.86. The van der Waals surface area contributed by atoms with Crippen molar-refractivity contribution in [2.45, 2.75) is 19.4 Å². The molecule has 0 bridgehead atoms. The van der Waals surface area contributed by atoms with Gasteiger partial charge in [0.2, 0.25) is 0 Å². The summed E-state index contributed by atoms with van der Waals surface area (Å²) in [7, 11) is 0. The highest BCUT2D eigenvalue weighted by Crippen LogP contribution is 2.28. The zero-order chi connectivity index (χ0) is 12.8. The zero-order valence-electron chi connectivity index (χ0n) is 10.2. The highest BCUT2D eigenvalue weighted by Gasteiger charge is 2.19. The standard InChI is InChI=1S/C12H16N4OS/c1-2-7-17-11-6-4-3-5-9(11)12(14-13)10-8-18-16-15-10/h3-6,8,12,14H,2,7,13H2,1H3. The van der Waals surface area contributed by atoms with Crippen molar-refractivity contribution in [1.29, 1.82) is 0 Å². The number of benzene rings is 1. The van der Waals surface area contributed by atoms with Crippen molar-refractivity contribution in [2.24, 2.45) is 5.84 Å². The van der Waals surface area contributed by atoms with Crippen molar-refractivity contribution in [2.75, 3.05) is 6.61 Å². The summed E-state index contributed by atoms with van der Waals surface area (Å²) < 4.78 is 9.59. The third-order valence-corrected chi connectivity index (χ3v) is 3.05. The lowest BCUT2D eigenvalue weighted by Crippen LogP contribution is -2.29. The second kappa shape index (κ2) is 6.44. The normalized spacial score (nSPS) is 12.3. The smallest absolute Gasteiger partial charge is 0.124 e. The third-order valence-electron chi connectivity index (χ3n) is 2.53. The third kappa shape index (κ3) is 2.84. The molecular weight excluding hydrogens is 248 g/mol. The topological polar surface area (TPSA) is 73.1 Å². The predicted octanol–water partition coefficient (Wildman–Crippen LogP) is 1.88. The van der Waals surface area contributed by atoms with Crippen LogP contribution in [0.2, 0.25) is 0 Å². The van der Waals surface area contributed by atoms with Crippen LogP contribution in [0.5, 0.6) is 5.75 Å². The van der Waals surface area contributed by atoms with Gasteiger partial charge >= 0.3 is 0 Å². The molecule has 2 aromatic rings. The van der Waals surface area contributed by atoms with Gasteiger partial charge in [-0.2, -0.15) is 0 Å². The van der Waals surface area contributed by atoms with E-state index in [4.69, 9.17) is 10.6 Å². The van der Waals surface area contributed by atoms with Crippen LogP contribution < -0.4 is 16.0 Å². The molecule has 3 N–H and O–H groups in total. The summed E-state index contributed by atoms with van der Waals surface area (Å²) in [6.45, 7) is 2.76. The van der Waals surface area contributed by atoms with Crippen LogP contribution in [0.4, 0.5) is 0 Å². The molecule has 0 aliphatic rings. The van der Waals surface area contributed by atoms with E-state index in [1.54, 1.807) is 0 Å². The number of hydrazine groups is 1. The van der Waals surface area contributed by atoms with Gasteiger partial charge in [0.15, 0.2) is 0 Å². The minimum Gasteiger partial charge on any atom is -0.493 e. The van der Waals surface area contributed by atoms with E-state index in [1.807, 2.05) is 29.6 Å². The molecule has 0 aliphatic carbocycles.